The van der Waals surface area contributed by atoms with E-state index in [2.05, 4.69) is 86.6 Å². The van der Waals surface area contributed by atoms with Crippen LogP contribution in [0.2, 0.25) is 0 Å². The van der Waals surface area contributed by atoms with Gasteiger partial charge in [-0.3, -0.25) is 0 Å². The van der Waals surface area contributed by atoms with E-state index in [1.807, 2.05) is 6.92 Å². The molecule has 0 aromatic heterocycles. The second-order valence-corrected chi connectivity index (χ2v) is 9.60. The highest BCUT2D eigenvalue weighted by atomic mass is 35.5. The molecule has 3 aromatic carbocycles. The Kier molecular flexibility index (Phi) is 10.7. The molecule has 3 aromatic rings. The van der Waals surface area contributed by atoms with Crippen molar-refractivity contribution in [3.63, 3.8) is 0 Å². The van der Waals surface area contributed by atoms with Gasteiger partial charge >= 0.3 is 0 Å². The highest BCUT2D eigenvalue weighted by molar-refractivity contribution is 6.17. The van der Waals surface area contributed by atoms with Crippen LogP contribution in [-0.4, -0.2) is 11.7 Å². The molecule has 0 bridgehead atoms. The Balaban J connectivity index is 1.80. The Morgan fingerprint density at radius 1 is 0.706 bits per heavy atom. The molecule has 3 heteroatoms. The first-order chi connectivity index (χ1) is 16.6. The molecule has 0 heterocycles. The lowest BCUT2D eigenvalue weighted by Crippen LogP contribution is -2.10. The van der Waals surface area contributed by atoms with Crippen molar-refractivity contribution >= 4 is 11.6 Å². The van der Waals surface area contributed by atoms with Gasteiger partial charge in [0.15, 0.2) is 0 Å². The van der Waals surface area contributed by atoms with Gasteiger partial charge in [0.2, 0.25) is 0 Å². The fourth-order valence-corrected chi connectivity index (χ4v) is 4.93. The van der Waals surface area contributed by atoms with Crippen molar-refractivity contribution in [3.05, 3.63) is 106 Å². The van der Waals surface area contributed by atoms with Crippen molar-refractivity contribution in [3.8, 4) is 0 Å². The van der Waals surface area contributed by atoms with Gasteiger partial charge in [-0.05, 0) is 77.3 Å². The topological polar surface area (TPSA) is 29.5 Å². The monoisotopic (exact) mass is 478 g/mol. The Hall–Kier alpha value is -2.13. The van der Waals surface area contributed by atoms with Crippen LogP contribution in [-0.2, 0) is 23.8 Å². The molecule has 0 spiro atoms. The lowest BCUT2D eigenvalue weighted by atomic mass is 9.78. The Morgan fingerprint density at radius 3 is 1.76 bits per heavy atom. The zero-order valence-electron chi connectivity index (χ0n) is 20.8. The van der Waals surface area contributed by atoms with Crippen molar-refractivity contribution in [2.75, 3.05) is 6.61 Å². The molecule has 0 aliphatic heterocycles. The van der Waals surface area contributed by atoms with Crippen LogP contribution in [0.25, 0.3) is 0 Å². The number of benzene rings is 3. The number of hydrogen-bond acceptors (Lipinski definition) is 2. The first-order valence-corrected chi connectivity index (χ1v) is 13.1. The van der Waals surface area contributed by atoms with Crippen molar-refractivity contribution in [1.29, 1.82) is 0 Å². The summed E-state index contributed by atoms with van der Waals surface area (Å²) in [5, 5.41) is 9.49. The average Bonchev–Trinajstić information content (AvgIpc) is 2.90. The van der Waals surface area contributed by atoms with Crippen molar-refractivity contribution in [2.24, 2.45) is 0 Å². The molecular formula is C31H39ClO2. The van der Waals surface area contributed by atoms with E-state index in [9.17, 15) is 5.11 Å². The van der Waals surface area contributed by atoms with Crippen LogP contribution in [0.3, 0.4) is 0 Å². The van der Waals surface area contributed by atoms with Crippen LogP contribution in [0, 0.1) is 0 Å². The molecule has 3 rings (SSSR count). The van der Waals surface area contributed by atoms with Gasteiger partial charge in [-0.25, -0.2) is 0 Å². The van der Waals surface area contributed by atoms with Crippen LogP contribution in [0.15, 0.2) is 72.8 Å². The second-order valence-electron chi connectivity index (χ2n) is 9.33. The van der Waals surface area contributed by atoms with E-state index in [0.29, 0.717) is 30.2 Å². The van der Waals surface area contributed by atoms with Gasteiger partial charge < -0.3 is 9.84 Å². The molecule has 182 valence electrons. The summed E-state index contributed by atoms with van der Waals surface area (Å²) >= 11 is 6.01. The molecular weight excluding hydrogens is 440 g/mol. The van der Waals surface area contributed by atoms with Crippen LogP contribution in [0.1, 0.15) is 91.2 Å². The van der Waals surface area contributed by atoms with Crippen molar-refractivity contribution < 1.29 is 9.84 Å². The van der Waals surface area contributed by atoms with Crippen LogP contribution in [0.5, 0.6) is 0 Å². The highest BCUT2D eigenvalue weighted by Gasteiger charge is 2.22. The van der Waals surface area contributed by atoms with Gasteiger partial charge in [-0.15, -0.1) is 11.6 Å². The molecule has 3 unspecified atom stereocenters. The minimum Gasteiger partial charge on any atom is -0.392 e. The first-order valence-electron chi connectivity index (χ1n) is 12.6. The lowest BCUT2D eigenvalue weighted by molar-refractivity contribution is 0.134. The fraction of sp³-hybridized carbons (Fsp3) is 0.419. The molecule has 3 atom stereocenters. The second kappa shape index (κ2) is 13.7. The average molecular weight is 479 g/mol. The quantitative estimate of drug-likeness (QED) is 0.250. The molecule has 0 saturated carbocycles. The summed E-state index contributed by atoms with van der Waals surface area (Å²) in [6, 6.07) is 26.2. The van der Waals surface area contributed by atoms with E-state index in [0.717, 1.165) is 37.0 Å². The van der Waals surface area contributed by atoms with Gasteiger partial charge in [0.25, 0.3) is 0 Å². The van der Waals surface area contributed by atoms with Gasteiger partial charge in [-0.1, -0.05) is 86.6 Å². The maximum absolute atomic E-state index is 9.49. The lowest BCUT2D eigenvalue weighted by Gasteiger charge is -2.27. The minimum atomic E-state index is 0.0833. The summed E-state index contributed by atoms with van der Waals surface area (Å²) < 4.78 is 5.55. The molecule has 0 saturated heterocycles. The van der Waals surface area contributed by atoms with Crippen LogP contribution in [0.4, 0.5) is 0 Å². The zero-order chi connectivity index (χ0) is 24.3. The fourth-order valence-electron chi connectivity index (χ4n) is 4.75. The number of rotatable bonds is 13. The van der Waals surface area contributed by atoms with E-state index in [4.69, 9.17) is 16.3 Å². The number of halogens is 1. The predicted molar refractivity (Wildman–Crippen MR) is 144 cm³/mol. The molecule has 0 aliphatic rings. The van der Waals surface area contributed by atoms with Gasteiger partial charge in [0.1, 0.15) is 0 Å². The summed E-state index contributed by atoms with van der Waals surface area (Å²) in [4.78, 5) is 0. The number of hydrogen-bond donors (Lipinski definition) is 1. The van der Waals surface area contributed by atoms with Crippen LogP contribution < -0.4 is 0 Å². The SMILES string of the molecule is CCOCc1ccc(C(C)CC(CC(CC)c2ccc(CCl)cc2)c2ccc(CO)cc2)cc1. The molecule has 0 aliphatic carbocycles. The molecule has 2 nitrogen and oxygen atoms in total. The number of ether oxygens (including phenoxy) is 1. The molecule has 0 radical (unpaired) electrons. The van der Waals surface area contributed by atoms with Gasteiger partial charge in [0, 0.05) is 12.5 Å². The highest BCUT2D eigenvalue weighted by Crippen LogP contribution is 2.38. The third-order valence-corrected chi connectivity index (χ3v) is 7.27. The predicted octanol–water partition coefficient (Wildman–Crippen LogP) is 8.32. The van der Waals surface area contributed by atoms with E-state index < -0.39 is 0 Å². The van der Waals surface area contributed by atoms with Crippen LogP contribution >= 0.6 is 11.6 Å². The molecule has 0 fully saturated rings. The summed E-state index contributed by atoms with van der Waals surface area (Å²) in [6.07, 6.45) is 3.29. The summed E-state index contributed by atoms with van der Waals surface area (Å²) in [7, 11) is 0. The molecule has 34 heavy (non-hydrogen) atoms. The summed E-state index contributed by atoms with van der Waals surface area (Å²) in [6.45, 7) is 8.14. The Morgan fingerprint density at radius 2 is 1.24 bits per heavy atom. The normalized spacial score (nSPS) is 14.0. The van der Waals surface area contributed by atoms with E-state index in [-0.39, 0.29) is 6.61 Å². The Bertz CT molecular complexity index is 964. The van der Waals surface area contributed by atoms with Crippen molar-refractivity contribution in [1.82, 2.24) is 0 Å². The van der Waals surface area contributed by atoms with Gasteiger partial charge in [0.05, 0.1) is 13.2 Å². The summed E-state index contributed by atoms with van der Waals surface area (Å²) in [5.41, 5.74) is 7.47. The minimum absolute atomic E-state index is 0.0833. The van der Waals surface area contributed by atoms with Crippen molar-refractivity contribution in [2.45, 2.75) is 76.9 Å². The third kappa shape index (κ3) is 7.43. The summed E-state index contributed by atoms with van der Waals surface area (Å²) in [5.74, 6) is 1.92. The first kappa shape index (κ1) is 26.5. The zero-order valence-corrected chi connectivity index (χ0v) is 21.6. The van der Waals surface area contributed by atoms with E-state index in [1.165, 1.54) is 22.3 Å². The smallest absolute Gasteiger partial charge is 0.0716 e. The van der Waals surface area contributed by atoms with E-state index >= 15 is 0 Å². The number of aliphatic hydroxyl groups excluding tert-OH is 1. The number of alkyl halides is 1. The molecule has 0 amide bonds. The third-order valence-electron chi connectivity index (χ3n) is 6.96. The largest absolute Gasteiger partial charge is 0.392 e. The Labute approximate surface area is 211 Å². The van der Waals surface area contributed by atoms with Gasteiger partial charge in [-0.2, -0.15) is 0 Å². The number of aliphatic hydroxyl groups is 1. The maximum atomic E-state index is 9.49. The molecule has 1 N–H and O–H groups in total. The van der Waals surface area contributed by atoms with E-state index in [1.54, 1.807) is 0 Å². The maximum Gasteiger partial charge on any atom is 0.0716 e. The standard InChI is InChI=1S/C31H39ClO2/c1-4-27(29-14-6-24(20-32)7-15-29)19-31(30-16-8-25(21-33)9-17-30)18-23(3)28-12-10-26(11-13-28)22-34-5-2/h6-17,23,27,31,33H,4-5,18-22H2,1-3H3.